The molecule has 0 saturated carbocycles. The summed E-state index contributed by atoms with van der Waals surface area (Å²) in [6.07, 6.45) is 4.43. The molecule has 1 N–H and O–H groups in total. The lowest BCUT2D eigenvalue weighted by Crippen LogP contribution is -2.13. The van der Waals surface area contributed by atoms with E-state index in [9.17, 15) is 4.79 Å². The maximum atomic E-state index is 11.7. The molecule has 0 saturated heterocycles. The molecule has 3 rings (SSSR count). The van der Waals surface area contributed by atoms with Crippen LogP contribution in [0.2, 0.25) is 0 Å². The quantitative estimate of drug-likeness (QED) is 0.676. The van der Waals surface area contributed by atoms with E-state index in [0.717, 1.165) is 37.2 Å². The van der Waals surface area contributed by atoms with Crippen LogP contribution >= 0.6 is 0 Å². The summed E-state index contributed by atoms with van der Waals surface area (Å²) in [6, 6.07) is 13.2. The van der Waals surface area contributed by atoms with Crippen molar-refractivity contribution in [3.63, 3.8) is 0 Å². The highest BCUT2D eigenvalue weighted by Gasteiger charge is 2.14. The van der Waals surface area contributed by atoms with Gasteiger partial charge in [0, 0.05) is 18.4 Å². The second-order valence-electron chi connectivity index (χ2n) is 4.95. The van der Waals surface area contributed by atoms with Crippen molar-refractivity contribution in [2.24, 2.45) is 5.16 Å². The smallest absolute Gasteiger partial charge is 0.346 e. The van der Waals surface area contributed by atoms with E-state index in [0.29, 0.717) is 5.69 Å². The molecular formula is C16H17N3O2. The molecule has 0 fully saturated rings. The van der Waals surface area contributed by atoms with E-state index in [1.54, 1.807) is 12.1 Å². The van der Waals surface area contributed by atoms with Crippen molar-refractivity contribution in [1.82, 2.24) is 4.57 Å². The number of para-hydroxylation sites is 1. The van der Waals surface area contributed by atoms with Crippen molar-refractivity contribution in [2.45, 2.75) is 25.8 Å². The zero-order valence-corrected chi connectivity index (χ0v) is 11.7. The van der Waals surface area contributed by atoms with E-state index in [4.69, 9.17) is 4.84 Å². The number of hydrogen-bond donors (Lipinski definition) is 1. The van der Waals surface area contributed by atoms with E-state index in [1.165, 1.54) is 0 Å². The summed E-state index contributed by atoms with van der Waals surface area (Å²) >= 11 is 0. The predicted molar refractivity (Wildman–Crippen MR) is 81.4 cm³/mol. The maximum Gasteiger partial charge on any atom is 0.437 e. The molecule has 21 heavy (non-hydrogen) atoms. The van der Waals surface area contributed by atoms with Gasteiger partial charge in [0.05, 0.1) is 5.69 Å². The van der Waals surface area contributed by atoms with Gasteiger partial charge in [-0.25, -0.2) is 4.79 Å². The topological polar surface area (TPSA) is 55.6 Å². The summed E-state index contributed by atoms with van der Waals surface area (Å²) in [6.45, 7) is 0.984. The highest BCUT2D eigenvalue weighted by atomic mass is 16.7. The molecule has 0 unspecified atom stereocenters. The highest BCUT2D eigenvalue weighted by molar-refractivity contribution is 5.99. The molecule has 5 heteroatoms. The van der Waals surface area contributed by atoms with Crippen LogP contribution < -0.4 is 5.32 Å². The molecule has 2 aromatic rings. The summed E-state index contributed by atoms with van der Waals surface area (Å²) in [5.74, 6) is 0. The first-order valence-electron chi connectivity index (χ1n) is 7.08. The summed E-state index contributed by atoms with van der Waals surface area (Å²) in [4.78, 5) is 16.7. The van der Waals surface area contributed by atoms with Gasteiger partial charge in [-0.05, 0) is 43.5 Å². The molecule has 1 aliphatic heterocycles. The number of fused-ring (bicyclic) bond motifs is 1. The number of hydrogen-bond acceptors (Lipinski definition) is 3. The lowest BCUT2D eigenvalue weighted by molar-refractivity contribution is 0.166. The predicted octanol–water partition coefficient (Wildman–Crippen LogP) is 3.62. The number of anilines is 1. The molecule has 0 aliphatic carbocycles. The van der Waals surface area contributed by atoms with Crippen LogP contribution in [-0.4, -0.2) is 16.4 Å². The number of nitrogens with one attached hydrogen (secondary N) is 1. The van der Waals surface area contributed by atoms with E-state index in [2.05, 4.69) is 15.0 Å². The van der Waals surface area contributed by atoms with Gasteiger partial charge in [-0.15, -0.1) is 0 Å². The van der Waals surface area contributed by atoms with E-state index in [1.807, 2.05) is 36.5 Å². The number of benzene rings is 1. The first-order chi connectivity index (χ1) is 10.3. The van der Waals surface area contributed by atoms with Gasteiger partial charge in [0.25, 0.3) is 0 Å². The van der Waals surface area contributed by atoms with Crippen molar-refractivity contribution in [3.05, 3.63) is 54.4 Å². The molecule has 0 radical (unpaired) electrons. The Kier molecular flexibility index (Phi) is 4.00. The Morgan fingerprint density at radius 2 is 2.00 bits per heavy atom. The Labute approximate surface area is 123 Å². The molecule has 108 valence electrons. The van der Waals surface area contributed by atoms with Gasteiger partial charge in [0.15, 0.2) is 0 Å². The SMILES string of the molecule is O=C(Nc1ccccc1)O/N=C1/CCCCn2cccc21. The molecule has 1 aliphatic rings. The Bertz CT molecular complexity index is 647. The first-order valence-corrected chi connectivity index (χ1v) is 7.08. The van der Waals surface area contributed by atoms with Gasteiger partial charge in [-0.3, -0.25) is 10.2 Å². The largest absolute Gasteiger partial charge is 0.437 e. The average molecular weight is 283 g/mol. The Morgan fingerprint density at radius 3 is 2.86 bits per heavy atom. The monoisotopic (exact) mass is 283 g/mol. The third-order valence-corrected chi connectivity index (χ3v) is 3.45. The van der Waals surface area contributed by atoms with Crippen LogP contribution in [0.5, 0.6) is 0 Å². The highest BCUT2D eigenvalue weighted by Crippen LogP contribution is 2.16. The maximum absolute atomic E-state index is 11.7. The number of rotatable bonds is 2. The number of carbonyl (C=O) groups excluding carboxylic acids is 1. The molecule has 5 nitrogen and oxygen atoms in total. The second kappa shape index (κ2) is 6.26. The fourth-order valence-electron chi connectivity index (χ4n) is 2.42. The average Bonchev–Trinajstić information content (AvgIpc) is 2.88. The Balaban J connectivity index is 1.67. The summed E-state index contributed by atoms with van der Waals surface area (Å²) < 4.78 is 2.14. The van der Waals surface area contributed by atoms with Gasteiger partial charge >= 0.3 is 6.09 Å². The van der Waals surface area contributed by atoms with Crippen LogP contribution in [0.1, 0.15) is 25.0 Å². The van der Waals surface area contributed by atoms with Crippen molar-refractivity contribution in [1.29, 1.82) is 0 Å². The van der Waals surface area contributed by atoms with Gasteiger partial charge in [-0.2, -0.15) is 0 Å². The second-order valence-corrected chi connectivity index (χ2v) is 4.95. The number of oxime groups is 1. The van der Waals surface area contributed by atoms with Crippen LogP contribution in [0, 0.1) is 0 Å². The van der Waals surface area contributed by atoms with Gasteiger partial charge in [0.2, 0.25) is 0 Å². The minimum absolute atomic E-state index is 0.573. The van der Waals surface area contributed by atoms with Crippen LogP contribution in [0.4, 0.5) is 10.5 Å². The van der Waals surface area contributed by atoms with Crippen LogP contribution in [0.15, 0.2) is 53.8 Å². The van der Waals surface area contributed by atoms with E-state index in [-0.39, 0.29) is 0 Å². The van der Waals surface area contributed by atoms with Crippen molar-refractivity contribution in [2.75, 3.05) is 5.32 Å². The third kappa shape index (κ3) is 3.31. The lowest BCUT2D eigenvalue weighted by atomic mass is 10.1. The molecule has 1 aromatic heterocycles. The minimum atomic E-state index is -0.573. The lowest BCUT2D eigenvalue weighted by Gasteiger charge is -2.06. The molecule has 0 spiro atoms. The third-order valence-electron chi connectivity index (χ3n) is 3.45. The molecule has 2 heterocycles. The normalized spacial score (nSPS) is 16.1. The molecule has 1 amide bonds. The van der Waals surface area contributed by atoms with Gasteiger partial charge in [-0.1, -0.05) is 23.4 Å². The molecular weight excluding hydrogens is 266 g/mol. The Hall–Kier alpha value is -2.56. The number of amides is 1. The first kappa shape index (κ1) is 13.4. The van der Waals surface area contributed by atoms with E-state index < -0.39 is 6.09 Å². The van der Waals surface area contributed by atoms with Gasteiger partial charge < -0.3 is 4.57 Å². The van der Waals surface area contributed by atoms with E-state index >= 15 is 0 Å². The standard InChI is InChI=1S/C16H17N3O2/c20-16(17-13-7-2-1-3-8-13)21-18-14-9-4-5-11-19-12-6-10-15(14)19/h1-3,6-8,10,12H,4-5,9,11H2,(H,17,20)/b18-14-. The molecule has 0 atom stereocenters. The van der Waals surface area contributed by atoms with Crippen LogP contribution in [0.25, 0.3) is 0 Å². The number of aromatic nitrogens is 1. The fraction of sp³-hybridized carbons (Fsp3) is 0.250. The fourth-order valence-corrected chi connectivity index (χ4v) is 2.42. The molecule has 1 aromatic carbocycles. The summed E-state index contributed by atoms with van der Waals surface area (Å²) in [5.41, 5.74) is 2.53. The zero-order chi connectivity index (χ0) is 14.5. The molecule has 0 bridgehead atoms. The van der Waals surface area contributed by atoms with Crippen molar-refractivity contribution >= 4 is 17.5 Å². The summed E-state index contributed by atoms with van der Waals surface area (Å²) in [5, 5.41) is 6.68. The van der Waals surface area contributed by atoms with Crippen molar-refractivity contribution < 1.29 is 9.63 Å². The van der Waals surface area contributed by atoms with Gasteiger partial charge in [0.1, 0.15) is 5.71 Å². The minimum Gasteiger partial charge on any atom is -0.346 e. The van der Waals surface area contributed by atoms with Crippen LogP contribution in [-0.2, 0) is 11.4 Å². The number of carbonyl (C=O) groups is 1. The summed E-state index contributed by atoms with van der Waals surface area (Å²) in [7, 11) is 0. The van der Waals surface area contributed by atoms with Crippen LogP contribution in [0.3, 0.4) is 0 Å². The zero-order valence-electron chi connectivity index (χ0n) is 11.7. The number of nitrogens with zero attached hydrogens (tertiary/aromatic N) is 2. The number of aryl methyl sites for hydroxylation is 1. The van der Waals surface area contributed by atoms with Crippen molar-refractivity contribution in [3.8, 4) is 0 Å². The Morgan fingerprint density at radius 1 is 1.14 bits per heavy atom.